The predicted octanol–water partition coefficient (Wildman–Crippen LogP) is 1.67. The lowest BCUT2D eigenvalue weighted by Gasteiger charge is -2.24. The molecule has 0 amide bonds. The number of hydrogen-bond donors (Lipinski definition) is 1. The van der Waals surface area contributed by atoms with E-state index >= 15 is 0 Å². The van der Waals surface area contributed by atoms with Crippen LogP contribution in [0.4, 0.5) is 5.82 Å². The van der Waals surface area contributed by atoms with Crippen molar-refractivity contribution in [1.29, 1.82) is 0 Å². The molecule has 6 nitrogen and oxygen atoms in total. The molecule has 1 N–H and O–H groups in total. The number of aromatic nitrogens is 1. The van der Waals surface area contributed by atoms with Crippen molar-refractivity contribution in [2.75, 3.05) is 45.4 Å². The topological polar surface area (TPSA) is 71.9 Å². The molecule has 0 unspecified atom stereocenters. The van der Waals surface area contributed by atoms with Crippen molar-refractivity contribution in [3.05, 3.63) is 30.0 Å². The van der Waals surface area contributed by atoms with Gasteiger partial charge < -0.3 is 19.5 Å². The Labute approximate surface area is 125 Å². The van der Waals surface area contributed by atoms with E-state index in [4.69, 9.17) is 14.6 Å². The first-order valence-corrected chi connectivity index (χ1v) is 6.78. The highest BCUT2D eigenvalue weighted by Crippen LogP contribution is 2.19. The van der Waals surface area contributed by atoms with Gasteiger partial charge in [-0.25, -0.2) is 9.78 Å². The molecule has 1 aromatic rings. The van der Waals surface area contributed by atoms with Crippen molar-refractivity contribution in [3.8, 4) is 0 Å². The van der Waals surface area contributed by atoms with Crippen LogP contribution in [0.25, 0.3) is 6.08 Å². The van der Waals surface area contributed by atoms with E-state index in [0.29, 0.717) is 19.8 Å². The van der Waals surface area contributed by atoms with Crippen molar-refractivity contribution in [2.45, 2.75) is 6.42 Å². The van der Waals surface area contributed by atoms with E-state index in [1.165, 1.54) is 0 Å². The lowest BCUT2D eigenvalue weighted by molar-refractivity contribution is -0.131. The number of carboxylic acids is 1. The molecule has 0 radical (unpaired) electrons. The molecule has 1 heterocycles. The Morgan fingerprint density at radius 2 is 2.10 bits per heavy atom. The van der Waals surface area contributed by atoms with E-state index in [1.807, 2.05) is 6.07 Å². The lowest BCUT2D eigenvalue weighted by atomic mass is 10.2. The molecule has 0 saturated heterocycles. The number of nitrogens with zero attached hydrogens (tertiary/aromatic N) is 2. The second-order valence-corrected chi connectivity index (χ2v) is 4.41. The smallest absolute Gasteiger partial charge is 0.328 e. The first-order valence-electron chi connectivity index (χ1n) is 6.78. The molecule has 0 saturated carbocycles. The van der Waals surface area contributed by atoms with Gasteiger partial charge in [0, 0.05) is 51.8 Å². The fraction of sp³-hybridized carbons (Fsp3) is 0.467. The Morgan fingerprint density at radius 1 is 1.33 bits per heavy atom. The zero-order valence-corrected chi connectivity index (χ0v) is 12.5. The second-order valence-electron chi connectivity index (χ2n) is 4.41. The Balaban J connectivity index is 2.91. The van der Waals surface area contributed by atoms with Gasteiger partial charge in [-0.3, -0.25) is 0 Å². The number of anilines is 1. The van der Waals surface area contributed by atoms with Crippen LogP contribution in [0.1, 0.15) is 12.0 Å². The molecule has 1 aromatic heterocycles. The summed E-state index contributed by atoms with van der Waals surface area (Å²) in [6.45, 7) is 2.69. The van der Waals surface area contributed by atoms with E-state index in [2.05, 4.69) is 9.88 Å². The number of carboxylic acid groups (broad SMARTS) is 1. The number of ether oxygens (including phenoxy) is 2. The van der Waals surface area contributed by atoms with E-state index in [1.54, 1.807) is 32.6 Å². The minimum atomic E-state index is -0.979. The van der Waals surface area contributed by atoms with Gasteiger partial charge in [-0.1, -0.05) is 0 Å². The summed E-state index contributed by atoms with van der Waals surface area (Å²) < 4.78 is 10.2. The number of rotatable bonds is 10. The van der Waals surface area contributed by atoms with Crippen molar-refractivity contribution >= 4 is 17.9 Å². The maximum absolute atomic E-state index is 10.7. The Kier molecular flexibility index (Phi) is 8.08. The van der Waals surface area contributed by atoms with Crippen LogP contribution in [0, 0.1) is 0 Å². The maximum Gasteiger partial charge on any atom is 0.328 e. The van der Waals surface area contributed by atoms with Gasteiger partial charge in [0.05, 0.1) is 6.61 Å². The number of pyridine rings is 1. The van der Waals surface area contributed by atoms with Crippen LogP contribution in [0.2, 0.25) is 0 Å². The standard InChI is InChI=1S/C15H22N2O4/c1-20-11-4-9-17(10-12-21-2)15-13(5-3-8-16-15)6-7-14(18)19/h3,5-8H,4,9-12H2,1-2H3,(H,18,19)/b7-6+. The van der Waals surface area contributed by atoms with Crippen molar-refractivity contribution in [1.82, 2.24) is 4.98 Å². The molecule has 6 heteroatoms. The van der Waals surface area contributed by atoms with Gasteiger partial charge >= 0.3 is 5.97 Å². The largest absolute Gasteiger partial charge is 0.478 e. The third kappa shape index (κ3) is 6.37. The summed E-state index contributed by atoms with van der Waals surface area (Å²) in [6.07, 6.45) is 5.23. The third-order valence-electron chi connectivity index (χ3n) is 2.86. The fourth-order valence-corrected chi connectivity index (χ4v) is 1.89. The molecule has 0 aliphatic carbocycles. The summed E-state index contributed by atoms with van der Waals surface area (Å²) in [7, 11) is 3.32. The maximum atomic E-state index is 10.7. The van der Waals surface area contributed by atoms with E-state index in [-0.39, 0.29) is 0 Å². The van der Waals surface area contributed by atoms with Gasteiger partial charge in [0.1, 0.15) is 5.82 Å². The Bertz CT molecular complexity index is 463. The van der Waals surface area contributed by atoms with Crippen LogP contribution >= 0.6 is 0 Å². The van der Waals surface area contributed by atoms with Crippen LogP contribution in [0.15, 0.2) is 24.4 Å². The van der Waals surface area contributed by atoms with Gasteiger partial charge in [0.2, 0.25) is 0 Å². The second kappa shape index (κ2) is 9.90. The van der Waals surface area contributed by atoms with Crippen molar-refractivity contribution in [2.24, 2.45) is 0 Å². The highest BCUT2D eigenvalue weighted by Gasteiger charge is 2.11. The average Bonchev–Trinajstić information content (AvgIpc) is 2.49. The predicted molar refractivity (Wildman–Crippen MR) is 81.5 cm³/mol. The highest BCUT2D eigenvalue weighted by molar-refractivity contribution is 5.86. The molecular weight excluding hydrogens is 272 g/mol. The van der Waals surface area contributed by atoms with E-state index in [9.17, 15) is 4.79 Å². The normalized spacial score (nSPS) is 11.0. The average molecular weight is 294 g/mol. The number of aliphatic carboxylic acids is 1. The molecule has 0 aliphatic rings. The van der Waals surface area contributed by atoms with Crippen LogP contribution in [-0.2, 0) is 14.3 Å². The summed E-state index contributed by atoms with van der Waals surface area (Å²) >= 11 is 0. The first kappa shape index (κ1) is 17.1. The van der Waals surface area contributed by atoms with Gasteiger partial charge in [-0.2, -0.15) is 0 Å². The molecule has 0 fully saturated rings. The number of methoxy groups -OCH3 is 2. The van der Waals surface area contributed by atoms with Crippen LogP contribution in [0.5, 0.6) is 0 Å². The Hall–Kier alpha value is -1.92. The minimum Gasteiger partial charge on any atom is -0.478 e. The first-order chi connectivity index (χ1) is 10.2. The highest BCUT2D eigenvalue weighted by atomic mass is 16.5. The van der Waals surface area contributed by atoms with E-state index < -0.39 is 5.97 Å². The zero-order valence-electron chi connectivity index (χ0n) is 12.5. The summed E-state index contributed by atoms with van der Waals surface area (Å²) in [5, 5.41) is 8.76. The minimum absolute atomic E-state index is 0.575. The molecule has 0 spiro atoms. The van der Waals surface area contributed by atoms with Crippen molar-refractivity contribution in [3.63, 3.8) is 0 Å². The Morgan fingerprint density at radius 3 is 2.76 bits per heavy atom. The quantitative estimate of drug-likeness (QED) is 0.523. The molecule has 0 bridgehead atoms. The van der Waals surface area contributed by atoms with Gasteiger partial charge in [0.25, 0.3) is 0 Å². The van der Waals surface area contributed by atoms with Gasteiger partial charge in [-0.05, 0) is 24.6 Å². The zero-order chi connectivity index (χ0) is 15.5. The summed E-state index contributed by atoms with van der Waals surface area (Å²) in [4.78, 5) is 17.1. The molecule has 0 atom stereocenters. The monoisotopic (exact) mass is 294 g/mol. The fourth-order valence-electron chi connectivity index (χ4n) is 1.89. The molecule has 21 heavy (non-hydrogen) atoms. The van der Waals surface area contributed by atoms with E-state index in [0.717, 1.165) is 30.4 Å². The number of carbonyl (C=O) groups is 1. The molecule has 1 rings (SSSR count). The van der Waals surface area contributed by atoms with Gasteiger partial charge in [0.15, 0.2) is 0 Å². The summed E-state index contributed by atoms with van der Waals surface area (Å²) in [6, 6.07) is 3.63. The molecule has 0 aliphatic heterocycles. The molecule has 116 valence electrons. The number of hydrogen-bond acceptors (Lipinski definition) is 5. The molecular formula is C15H22N2O4. The lowest BCUT2D eigenvalue weighted by Crippen LogP contribution is -2.30. The van der Waals surface area contributed by atoms with Crippen LogP contribution in [-0.4, -0.2) is 56.6 Å². The summed E-state index contributed by atoms with van der Waals surface area (Å²) in [5.41, 5.74) is 0.772. The van der Waals surface area contributed by atoms with Crippen LogP contribution in [0.3, 0.4) is 0 Å². The van der Waals surface area contributed by atoms with Crippen molar-refractivity contribution < 1.29 is 19.4 Å². The van der Waals surface area contributed by atoms with Gasteiger partial charge in [-0.15, -0.1) is 0 Å². The SMILES string of the molecule is COCCCN(CCOC)c1ncccc1/C=C/C(=O)O. The molecule has 0 aromatic carbocycles. The van der Waals surface area contributed by atoms with Crippen LogP contribution < -0.4 is 4.90 Å². The third-order valence-corrected chi connectivity index (χ3v) is 2.86. The summed E-state index contributed by atoms with van der Waals surface area (Å²) in [5.74, 6) is -0.226.